The lowest BCUT2D eigenvalue weighted by Gasteiger charge is -2.11. The number of benzene rings is 2. The molecule has 0 saturated heterocycles. The maximum Gasteiger partial charge on any atom is 0.348 e. The van der Waals surface area contributed by atoms with Gasteiger partial charge in [0.05, 0.1) is 0 Å². The Balaban J connectivity index is 1.54. The fraction of sp³-hybridized carbons (Fsp3) is 0.150. The van der Waals surface area contributed by atoms with Gasteiger partial charge in [0.2, 0.25) is 0 Å². The van der Waals surface area contributed by atoms with Gasteiger partial charge in [0.25, 0.3) is 11.8 Å². The van der Waals surface area contributed by atoms with E-state index in [1.54, 1.807) is 44.4 Å². The number of esters is 1. The minimum absolute atomic E-state index is 0.120. The standard InChI is InChI=1S/C20H18N2O4S/c1-22(2)19(24)13-7-9-15(10-8-13)21-18(23)12-26-20(25)17-11-14-5-3-4-6-16(14)27-17/h3-11H,12H2,1-2H3,(H,21,23). The summed E-state index contributed by atoms with van der Waals surface area (Å²) in [6.45, 7) is -0.383. The minimum atomic E-state index is -0.529. The van der Waals surface area contributed by atoms with Crippen LogP contribution in [0, 0.1) is 0 Å². The third-order valence-corrected chi connectivity index (χ3v) is 4.88. The van der Waals surface area contributed by atoms with Crippen molar-refractivity contribution in [3.05, 3.63) is 65.0 Å². The normalized spacial score (nSPS) is 10.4. The zero-order chi connectivity index (χ0) is 19.4. The van der Waals surface area contributed by atoms with Crippen molar-refractivity contribution in [2.24, 2.45) is 0 Å². The van der Waals surface area contributed by atoms with Gasteiger partial charge in [-0.2, -0.15) is 0 Å². The number of nitrogens with one attached hydrogen (secondary N) is 1. The van der Waals surface area contributed by atoms with Crippen molar-refractivity contribution in [2.75, 3.05) is 26.0 Å². The number of nitrogens with zero attached hydrogens (tertiary/aromatic N) is 1. The van der Waals surface area contributed by atoms with Gasteiger partial charge in [-0.1, -0.05) is 18.2 Å². The van der Waals surface area contributed by atoms with E-state index in [4.69, 9.17) is 4.74 Å². The second kappa shape index (κ2) is 8.01. The van der Waals surface area contributed by atoms with Crippen molar-refractivity contribution >= 4 is 44.9 Å². The molecule has 1 N–H and O–H groups in total. The first-order valence-corrected chi connectivity index (χ1v) is 9.03. The number of thiophene rings is 1. The molecule has 0 aliphatic rings. The first-order valence-electron chi connectivity index (χ1n) is 8.21. The average molecular weight is 382 g/mol. The van der Waals surface area contributed by atoms with Gasteiger partial charge in [-0.05, 0) is 41.8 Å². The summed E-state index contributed by atoms with van der Waals surface area (Å²) in [5.74, 6) is -1.10. The number of hydrogen-bond acceptors (Lipinski definition) is 5. The molecule has 0 spiro atoms. The number of amides is 2. The van der Waals surface area contributed by atoms with Gasteiger partial charge in [0.15, 0.2) is 6.61 Å². The van der Waals surface area contributed by atoms with Crippen LogP contribution in [0.5, 0.6) is 0 Å². The summed E-state index contributed by atoms with van der Waals surface area (Å²) >= 11 is 1.33. The zero-order valence-electron chi connectivity index (χ0n) is 14.9. The van der Waals surface area contributed by atoms with E-state index in [1.807, 2.05) is 24.3 Å². The van der Waals surface area contributed by atoms with E-state index in [0.29, 0.717) is 16.1 Å². The van der Waals surface area contributed by atoms with E-state index in [1.165, 1.54) is 16.2 Å². The van der Waals surface area contributed by atoms with E-state index in [0.717, 1.165) is 10.1 Å². The second-order valence-corrected chi connectivity index (χ2v) is 7.13. The third-order valence-electron chi connectivity index (χ3n) is 3.78. The number of ether oxygens (including phenoxy) is 1. The monoisotopic (exact) mass is 382 g/mol. The number of rotatable bonds is 5. The Kier molecular flexibility index (Phi) is 5.52. The minimum Gasteiger partial charge on any atom is -0.451 e. The van der Waals surface area contributed by atoms with Gasteiger partial charge in [0.1, 0.15) is 4.88 Å². The summed E-state index contributed by atoms with van der Waals surface area (Å²) in [6.07, 6.45) is 0. The SMILES string of the molecule is CN(C)C(=O)c1ccc(NC(=O)COC(=O)c2cc3ccccc3s2)cc1. The van der Waals surface area contributed by atoms with Gasteiger partial charge in [-0.3, -0.25) is 9.59 Å². The topological polar surface area (TPSA) is 75.7 Å². The molecule has 1 aromatic heterocycles. The second-order valence-electron chi connectivity index (χ2n) is 6.05. The van der Waals surface area contributed by atoms with E-state index < -0.39 is 11.9 Å². The predicted molar refractivity (Wildman–Crippen MR) is 105 cm³/mol. The summed E-state index contributed by atoms with van der Waals surface area (Å²) in [4.78, 5) is 37.9. The molecule has 3 rings (SSSR count). The number of carbonyl (C=O) groups is 3. The molecular weight excluding hydrogens is 364 g/mol. The molecule has 1 heterocycles. The first kappa shape index (κ1) is 18.6. The van der Waals surface area contributed by atoms with Crippen LogP contribution in [0.3, 0.4) is 0 Å². The van der Waals surface area contributed by atoms with Gasteiger partial charge in [-0.25, -0.2) is 4.79 Å². The molecule has 3 aromatic rings. The summed E-state index contributed by atoms with van der Waals surface area (Å²) in [7, 11) is 3.34. The summed E-state index contributed by atoms with van der Waals surface area (Å²) in [6, 6.07) is 15.9. The van der Waals surface area contributed by atoms with Crippen LogP contribution in [-0.2, 0) is 9.53 Å². The Labute approximate surface area is 160 Å². The molecule has 2 amide bonds. The molecule has 6 nitrogen and oxygen atoms in total. The molecule has 0 saturated carbocycles. The largest absolute Gasteiger partial charge is 0.451 e. The molecule has 0 aliphatic carbocycles. The van der Waals surface area contributed by atoms with Crippen LogP contribution in [0.4, 0.5) is 5.69 Å². The van der Waals surface area contributed by atoms with Crippen molar-refractivity contribution in [1.29, 1.82) is 0 Å². The van der Waals surface area contributed by atoms with Crippen LogP contribution in [0.15, 0.2) is 54.6 Å². The van der Waals surface area contributed by atoms with E-state index in [2.05, 4.69) is 5.32 Å². The lowest BCUT2D eigenvalue weighted by Crippen LogP contribution is -2.22. The maximum absolute atomic E-state index is 12.1. The summed E-state index contributed by atoms with van der Waals surface area (Å²) in [5.41, 5.74) is 1.04. The Morgan fingerprint density at radius 2 is 1.74 bits per heavy atom. The van der Waals surface area contributed by atoms with E-state index in [-0.39, 0.29) is 12.5 Å². The van der Waals surface area contributed by atoms with Gasteiger partial charge in [0, 0.05) is 30.0 Å². The lowest BCUT2D eigenvalue weighted by molar-refractivity contribution is -0.119. The molecular formula is C20H18N2O4S. The molecule has 0 unspecified atom stereocenters. The first-order chi connectivity index (χ1) is 12.9. The highest BCUT2D eigenvalue weighted by Crippen LogP contribution is 2.25. The van der Waals surface area contributed by atoms with Crippen molar-refractivity contribution < 1.29 is 19.1 Å². The van der Waals surface area contributed by atoms with E-state index in [9.17, 15) is 14.4 Å². The smallest absolute Gasteiger partial charge is 0.348 e. The van der Waals surface area contributed by atoms with Crippen LogP contribution in [0.25, 0.3) is 10.1 Å². The highest BCUT2D eigenvalue weighted by molar-refractivity contribution is 7.20. The average Bonchev–Trinajstić information content (AvgIpc) is 3.10. The molecule has 0 aliphatic heterocycles. The van der Waals surface area contributed by atoms with Crippen molar-refractivity contribution in [3.8, 4) is 0 Å². The number of hydrogen-bond donors (Lipinski definition) is 1. The Bertz CT molecular complexity index is 960. The van der Waals surface area contributed by atoms with Gasteiger partial charge in [-0.15, -0.1) is 11.3 Å². The molecule has 2 aromatic carbocycles. The quantitative estimate of drug-likeness (QED) is 0.686. The fourth-order valence-electron chi connectivity index (χ4n) is 2.44. The van der Waals surface area contributed by atoms with Crippen LogP contribution >= 0.6 is 11.3 Å². The summed E-state index contributed by atoms with van der Waals surface area (Å²) < 4.78 is 6.07. The van der Waals surface area contributed by atoms with Crippen molar-refractivity contribution in [1.82, 2.24) is 4.90 Å². The molecule has 0 fully saturated rings. The highest BCUT2D eigenvalue weighted by atomic mass is 32.1. The number of carbonyl (C=O) groups excluding carboxylic acids is 3. The van der Waals surface area contributed by atoms with Gasteiger partial charge < -0.3 is 15.0 Å². The Morgan fingerprint density at radius 3 is 2.41 bits per heavy atom. The van der Waals surface area contributed by atoms with Crippen LogP contribution in [0.1, 0.15) is 20.0 Å². The fourth-order valence-corrected chi connectivity index (χ4v) is 3.39. The number of anilines is 1. The third kappa shape index (κ3) is 4.51. The number of fused-ring (bicyclic) bond motifs is 1. The van der Waals surface area contributed by atoms with Crippen LogP contribution < -0.4 is 5.32 Å². The predicted octanol–water partition coefficient (Wildman–Crippen LogP) is 3.40. The Hall–Kier alpha value is -3.19. The zero-order valence-corrected chi connectivity index (χ0v) is 15.7. The van der Waals surface area contributed by atoms with Crippen LogP contribution in [0.2, 0.25) is 0 Å². The maximum atomic E-state index is 12.1. The molecule has 27 heavy (non-hydrogen) atoms. The summed E-state index contributed by atoms with van der Waals surface area (Å²) in [5, 5.41) is 3.60. The lowest BCUT2D eigenvalue weighted by atomic mass is 10.2. The molecule has 0 bridgehead atoms. The molecule has 0 radical (unpaired) electrons. The van der Waals surface area contributed by atoms with E-state index >= 15 is 0 Å². The van der Waals surface area contributed by atoms with Crippen LogP contribution in [-0.4, -0.2) is 43.4 Å². The van der Waals surface area contributed by atoms with Gasteiger partial charge >= 0.3 is 5.97 Å². The molecule has 0 atom stereocenters. The highest BCUT2D eigenvalue weighted by Gasteiger charge is 2.14. The molecule has 138 valence electrons. The van der Waals surface area contributed by atoms with Crippen molar-refractivity contribution in [3.63, 3.8) is 0 Å². The van der Waals surface area contributed by atoms with Crippen molar-refractivity contribution in [2.45, 2.75) is 0 Å². The Morgan fingerprint density at radius 1 is 1.04 bits per heavy atom. The molecule has 7 heteroatoms.